The van der Waals surface area contributed by atoms with Crippen molar-refractivity contribution in [3.8, 4) is 11.3 Å². The maximum absolute atomic E-state index is 8.15. The van der Waals surface area contributed by atoms with Gasteiger partial charge in [0.05, 0.1) is 11.3 Å². The van der Waals surface area contributed by atoms with Gasteiger partial charge in [-0.25, -0.2) is 0 Å². The topological polar surface area (TPSA) is 17.3 Å². The van der Waals surface area contributed by atoms with Gasteiger partial charge in [-0.15, -0.1) is 29.7 Å². The molecule has 0 bridgehead atoms. The molecule has 2 nitrogen and oxygen atoms in total. The maximum atomic E-state index is 8.15. The van der Waals surface area contributed by atoms with Crippen molar-refractivity contribution < 1.29 is 36.6 Å². The Morgan fingerprint density at radius 3 is 2.30 bits per heavy atom. The van der Waals surface area contributed by atoms with Crippen molar-refractivity contribution in [2.45, 2.75) is 39.2 Å². The molecule has 0 fully saturated rings. The number of benzene rings is 3. The molecule has 3 heteroatoms. The van der Waals surface area contributed by atoms with Gasteiger partial charge in [0.1, 0.15) is 0 Å². The summed E-state index contributed by atoms with van der Waals surface area (Å²) in [6, 6.07) is 19.9. The SMILES string of the molecule is [2H]C([2H])([2H])C(c1cccc(C(C([2H])([2H])[2H])C([2H])([2H])[2H])c1-c1cnc2c3[c-]cccc3c3ccccc3n12)C([2H])([2H])[2H].[Ir]. The van der Waals surface area contributed by atoms with Crippen LogP contribution in [0.25, 0.3) is 38.6 Å². The van der Waals surface area contributed by atoms with Crippen molar-refractivity contribution in [2.75, 3.05) is 0 Å². The van der Waals surface area contributed by atoms with Crippen molar-refractivity contribution in [2.24, 2.45) is 0 Å². The molecule has 0 aliphatic carbocycles. The number of para-hydroxylation sites is 1. The Morgan fingerprint density at radius 2 is 1.57 bits per heavy atom. The molecule has 5 rings (SSSR count). The van der Waals surface area contributed by atoms with Gasteiger partial charge in [-0.3, -0.25) is 4.98 Å². The third-order valence-corrected chi connectivity index (χ3v) is 5.28. The van der Waals surface area contributed by atoms with Crippen LogP contribution < -0.4 is 0 Å². The fraction of sp³-hybridized carbons (Fsp3) is 0.222. The van der Waals surface area contributed by atoms with E-state index in [1.807, 2.05) is 24.3 Å². The second-order valence-electron chi connectivity index (χ2n) is 6.96. The van der Waals surface area contributed by atoms with E-state index in [2.05, 4.69) is 11.1 Å². The first kappa shape index (κ1) is 10.7. The van der Waals surface area contributed by atoms with E-state index in [0.717, 1.165) is 10.8 Å². The average molecular weight is 582 g/mol. The number of fused-ring (bicyclic) bond motifs is 6. The third-order valence-electron chi connectivity index (χ3n) is 5.28. The van der Waals surface area contributed by atoms with Crippen LogP contribution in [0.1, 0.15) is 66.8 Å². The van der Waals surface area contributed by atoms with Crippen LogP contribution in [0.3, 0.4) is 0 Å². The van der Waals surface area contributed by atoms with Crippen LogP contribution in [0.5, 0.6) is 0 Å². The molecular weight excluding hydrogens is 545 g/mol. The van der Waals surface area contributed by atoms with E-state index in [1.165, 1.54) is 24.4 Å². The Bertz CT molecular complexity index is 1690. The summed E-state index contributed by atoms with van der Waals surface area (Å²) in [5, 5.41) is 2.26. The molecule has 153 valence electrons. The summed E-state index contributed by atoms with van der Waals surface area (Å²) in [5.41, 5.74) is 0.719. The van der Waals surface area contributed by atoms with Gasteiger partial charge in [-0.2, -0.15) is 0 Å². The molecule has 0 saturated carbocycles. The summed E-state index contributed by atoms with van der Waals surface area (Å²) >= 11 is 0. The Hall–Kier alpha value is -2.48. The minimum atomic E-state index is -3.03. The van der Waals surface area contributed by atoms with Crippen LogP contribution in [0.15, 0.2) is 66.9 Å². The summed E-state index contributed by atoms with van der Waals surface area (Å²) < 4.78 is 99.5. The van der Waals surface area contributed by atoms with Gasteiger partial charge in [-0.05, 0) is 34.4 Å². The minimum absolute atomic E-state index is 0. The first-order valence-corrected chi connectivity index (χ1v) is 9.24. The largest absolute Gasteiger partial charge is 0.333 e. The normalized spacial score (nSPS) is 19.3. The molecule has 0 aliphatic heterocycles. The number of hydrogen-bond acceptors (Lipinski definition) is 1. The molecular formula is C27H25IrN2-. The summed E-state index contributed by atoms with van der Waals surface area (Å²) in [5.74, 6) is -4.08. The molecule has 2 heterocycles. The predicted molar refractivity (Wildman–Crippen MR) is 123 cm³/mol. The second-order valence-corrected chi connectivity index (χ2v) is 6.96. The van der Waals surface area contributed by atoms with Gasteiger partial charge in [0.25, 0.3) is 0 Å². The van der Waals surface area contributed by atoms with Gasteiger partial charge in [0.2, 0.25) is 0 Å². The Kier molecular flexibility index (Phi) is 2.85. The average Bonchev–Trinajstić information content (AvgIpc) is 3.26. The zero-order chi connectivity index (χ0) is 30.1. The van der Waals surface area contributed by atoms with E-state index in [0.29, 0.717) is 16.6 Å². The van der Waals surface area contributed by atoms with E-state index in [1.54, 1.807) is 22.6 Å². The quantitative estimate of drug-likeness (QED) is 0.161. The summed E-state index contributed by atoms with van der Waals surface area (Å²) in [6.07, 6.45) is 1.40. The second kappa shape index (κ2) is 7.98. The zero-order valence-corrected chi connectivity index (χ0v) is 18.1. The molecule has 2 aromatic heterocycles. The maximum Gasteiger partial charge on any atom is 0.0639 e. The molecule has 0 unspecified atom stereocenters. The molecule has 0 aliphatic rings. The fourth-order valence-corrected chi connectivity index (χ4v) is 4.06. The van der Waals surface area contributed by atoms with Crippen LogP contribution in [0.4, 0.5) is 0 Å². The van der Waals surface area contributed by atoms with Gasteiger partial charge >= 0.3 is 0 Å². The number of pyridine rings is 1. The molecule has 0 atom stereocenters. The Labute approximate surface area is 208 Å². The molecule has 3 aromatic carbocycles. The van der Waals surface area contributed by atoms with E-state index in [4.69, 9.17) is 16.4 Å². The van der Waals surface area contributed by atoms with Crippen molar-refractivity contribution in [3.63, 3.8) is 0 Å². The third kappa shape index (κ3) is 3.09. The Balaban J connectivity index is 0.00000405. The summed E-state index contributed by atoms with van der Waals surface area (Å²) in [4.78, 5) is 4.59. The van der Waals surface area contributed by atoms with Gasteiger partial charge in [0, 0.05) is 53.8 Å². The van der Waals surface area contributed by atoms with Crippen LogP contribution in [-0.2, 0) is 20.1 Å². The smallest absolute Gasteiger partial charge is 0.0639 e. The van der Waals surface area contributed by atoms with Crippen LogP contribution in [-0.4, -0.2) is 9.38 Å². The zero-order valence-electron chi connectivity index (χ0n) is 27.7. The first-order valence-electron chi connectivity index (χ1n) is 15.2. The Morgan fingerprint density at radius 1 is 0.867 bits per heavy atom. The van der Waals surface area contributed by atoms with Gasteiger partial charge in [0.15, 0.2) is 0 Å². The van der Waals surface area contributed by atoms with E-state index in [-0.39, 0.29) is 42.5 Å². The molecule has 1 radical (unpaired) electrons. The van der Waals surface area contributed by atoms with E-state index < -0.39 is 39.2 Å². The van der Waals surface area contributed by atoms with Crippen molar-refractivity contribution in [1.82, 2.24) is 9.38 Å². The first-order chi connectivity index (χ1) is 18.9. The molecule has 0 amide bonds. The fourth-order valence-electron chi connectivity index (χ4n) is 4.06. The number of nitrogens with zero attached hydrogens (tertiary/aromatic N) is 2. The van der Waals surface area contributed by atoms with Crippen LogP contribution >= 0.6 is 0 Å². The summed E-state index contributed by atoms with van der Waals surface area (Å²) in [6.45, 7) is -12.1. The standard InChI is InChI=1S/C27H25N2.Ir/c1-17(2)19-13-9-14-20(18(3)4)26(19)25-16-28-27-23-12-6-5-10-21(23)22-11-7-8-15-24(22)29(25)27;/h5-11,13-18H,1-4H3;/q-1;/i1D3,2D3,3D3,4D3;. The molecule has 0 N–H and O–H groups in total. The van der Waals surface area contributed by atoms with Gasteiger partial charge < -0.3 is 4.40 Å². The number of aromatic nitrogens is 2. The van der Waals surface area contributed by atoms with E-state index in [9.17, 15) is 0 Å². The predicted octanol–water partition coefficient (Wildman–Crippen LogP) is 7.35. The van der Waals surface area contributed by atoms with E-state index >= 15 is 0 Å². The van der Waals surface area contributed by atoms with Crippen LogP contribution in [0.2, 0.25) is 0 Å². The van der Waals surface area contributed by atoms with Crippen LogP contribution in [0, 0.1) is 6.07 Å². The number of hydrogen-bond donors (Lipinski definition) is 0. The molecule has 0 spiro atoms. The van der Waals surface area contributed by atoms with Crippen molar-refractivity contribution in [1.29, 1.82) is 0 Å². The summed E-state index contributed by atoms with van der Waals surface area (Å²) in [7, 11) is 0. The number of rotatable bonds is 3. The van der Waals surface area contributed by atoms with Gasteiger partial charge in [-0.1, -0.05) is 69.2 Å². The van der Waals surface area contributed by atoms with Crippen molar-refractivity contribution in [3.05, 3.63) is 84.1 Å². The minimum Gasteiger partial charge on any atom is -0.333 e. The van der Waals surface area contributed by atoms with Crippen molar-refractivity contribution >= 4 is 27.3 Å². The molecule has 30 heavy (non-hydrogen) atoms. The number of imidazole rings is 1. The molecule has 0 saturated heterocycles. The molecule has 5 aromatic rings. The monoisotopic (exact) mass is 582 g/mol.